The number of carbonyl (C=O) groups excluding carboxylic acids is 1. The number of aryl methyl sites for hydroxylation is 2. The van der Waals surface area contributed by atoms with E-state index in [4.69, 9.17) is 4.74 Å². The van der Waals surface area contributed by atoms with Gasteiger partial charge in [-0.05, 0) is 24.6 Å². The van der Waals surface area contributed by atoms with Crippen molar-refractivity contribution in [1.82, 2.24) is 24.9 Å². The summed E-state index contributed by atoms with van der Waals surface area (Å²) >= 11 is 0. The van der Waals surface area contributed by atoms with Crippen LogP contribution in [0.4, 0.5) is 13.2 Å². The minimum Gasteiger partial charge on any atom is -0.490 e. The molecular formula is C20H22F3N5O2. The SMILES string of the molecule is CC(Oc1cc(-c2cnn(CCC(F)(F)F)c2)cc2nn(C)cc12)C1CNC(=O)C1. The smallest absolute Gasteiger partial charge is 0.390 e. The van der Waals surface area contributed by atoms with Gasteiger partial charge in [0.2, 0.25) is 5.91 Å². The predicted octanol–water partition coefficient (Wildman–Crippen LogP) is 3.29. The van der Waals surface area contributed by atoms with E-state index in [9.17, 15) is 18.0 Å². The molecule has 0 saturated carbocycles. The van der Waals surface area contributed by atoms with Gasteiger partial charge in [0.15, 0.2) is 0 Å². The molecule has 0 radical (unpaired) electrons. The Morgan fingerprint density at radius 3 is 2.80 bits per heavy atom. The molecular weight excluding hydrogens is 399 g/mol. The first kappa shape index (κ1) is 20.2. The third-order valence-corrected chi connectivity index (χ3v) is 5.28. The van der Waals surface area contributed by atoms with Gasteiger partial charge in [-0.15, -0.1) is 0 Å². The van der Waals surface area contributed by atoms with Crippen LogP contribution in [0.1, 0.15) is 19.8 Å². The van der Waals surface area contributed by atoms with Crippen molar-refractivity contribution in [2.75, 3.05) is 6.54 Å². The standard InChI is InChI=1S/C20H22F3N5O2/c1-12(14-7-19(29)24-8-14)30-18-6-13(5-17-16(18)11-27(2)26-17)15-9-25-28(10-15)4-3-20(21,22)23/h5-6,9-12,14H,3-4,7-8H2,1-2H3,(H,24,29). The number of hydrogen-bond acceptors (Lipinski definition) is 4. The number of amides is 1. The highest BCUT2D eigenvalue weighted by Gasteiger charge is 2.29. The highest BCUT2D eigenvalue weighted by molar-refractivity contribution is 5.89. The zero-order valence-corrected chi connectivity index (χ0v) is 16.6. The van der Waals surface area contributed by atoms with E-state index in [2.05, 4.69) is 15.5 Å². The molecule has 0 aliphatic carbocycles. The summed E-state index contributed by atoms with van der Waals surface area (Å²) < 4.78 is 46.6. The van der Waals surface area contributed by atoms with Gasteiger partial charge in [0.1, 0.15) is 11.9 Å². The molecule has 7 nitrogen and oxygen atoms in total. The van der Waals surface area contributed by atoms with Crippen molar-refractivity contribution in [1.29, 1.82) is 0 Å². The van der Waals surface area contributed by atoms with Crippen LogP contribution < -0.4 is 10.1 Å². The Morgan fingerprint density at radius 1 is 1.30 bits per heavy atom. The molecule has 1 saturated heterocycles. The first-order chi connectivity index (χ1) is 14.2. The molecule has 160 valence electrons. The summed E-state index contributed by atoms with van der Waals surface area (Å²) in [4.78, 5) is 11.5. The van der Waals surface area contributed by atoms with E-state index in [-0.39, 0.29) is 24.5 Å². The maximum absolute atomic E-state index is 12.5. The van der Waals surface area contributed by atoms with Crippen molar-refractivity contribution in [2.45, 2.75) is 38.6 Å². The van der Waals surface area contributed by atoms with Crippen LogP contribution >= 0.6 is 0 Å². The molecule has 2 aromatic heterocycles. The van der Waals surface area contributed by atoms with Crippen molar-refractivity contribution in [3.63, 3.8) is 0 Å². The van der Waals surface area contributed by atoms with Crippen molar-refractivity contribution in [3.05, 3.63) is 30.7 Å². The zero-order valence-electron chi connectivity index (χ0n) is 16.6. The van der Waals surface area contributed by atoms with Gasteiger partial charge in [0.05, 0.1) is 23.5 Å². The maximum atomic E-state index is 12.5. The lowest BCUT2D eigenvalue weighted by Gasteiger charge is -2.20. The van der Waals surface area contributed by atoms with Crippen LogP contribution in [0.25, 0.3) is 22.0 Å². The molecule has 1 N–H and O–H groups in total. The Labute approximate surface area is 170 Å². The summed E-state index contributed by atoms with van der Waals surface area (Å²) in [7, 11) is 1.81. The number of carbonyl (C=O) groups is 1. The van der Waals surface area contributed by atoms with Crippen LogP contribution in [-0.4, -0.2) is 44.3 Å². The van der Waals surface area contributed by atoms with Crippen LogP contribution in [0.15, 0.2) is 30.7 Å². The number of halogens is 3. The number of aromatic nitrogens is 4. The van der Waals surface area contributed by atoms with E-state index in [0.717, 1.165) is 10.9 Å². The molecule has 2 unspecified atom stereocenters. The fraction of sp³-hybridized carbons (Fsp3) is 0.450. The highest BCUT2D eigenvalue weighted by Crippen LogP contribution is 2.34. The largest absolute Gasteiger partial charge is 0.490 e. The van der Waals surface area contributed by atoms with Crippen molar-refractivity contribution in [2.24, 2.45) is 13.0 Å². The number of nitrogens with zero attached hydrogens (tertiary/aromatic N) is 4. The van der Waals surface area contributed by atoms with Crippen molar-refractivity contribution < 1.29 is 22.7 Å². The first-order valence-electron chi connectivity index (χ1n) is 9.68. The third kappa shape index (κ3) is 4.42. The van der Waals surface area contributed by atoms with E-state index in [1.165, 1.54) is 10.9 Å². The Bertz CT molecular complexity index is 1070. The van der Waals surface area contributed by atoms with Crippen LogP contribution in [-0.2, 0) is 18.4 Å². The fourth-order valence-corrected chi connectivity index (χ4v) is 3.61. The molecule has 0 spiro atoms. The number of fused-ring (bicyclic) bond motifs is 1. The summed E-state index contributed by atoms with van der Waals surface area (Å²) in [5.41, 5.74) is 2.14. The average Bonchev–Trinajstić information content (AvgIpc) is 3.38. The summed E-state index contributed by atoms with van der Waals surface area (Å²) in [6, 6.07) is 3.70. The number of hydrogen-bond donors (Lipinski definition) is 1. The second kappa shape index (κ2) is 7.66. The molecule has 10 heteroatoms. The normalized spacial score (nSPS) is 18.0. The molecule has 0 bridgehead atoms. The van der Waals surface area contributed by atoms with Crippen molar-refractivity contribution in [3.8, 4) is 16.9 Å². The lowest BCUT2D eigenvalue weighted by atomic mass is 10.0. The third-order valence-electron chi connectivity index (χ3n) is 5.28. The Morgan fingerprint density at radius 2 is 2.10 bits per heavy atom. The van der Waals surface area contributed by atoms with Gasteiger partial charge in [-0.3, -0.25) is 14.2 Å². The minimum atomic E-state index is -4.23. The van der Waals surface area contributed by atoms with Gasteiger partial charge >= 0.3 is 6.18 Å². The van der Waals surface area contributed by atoms with E-state index in [0.29, 0.717) is 29.8 Å². The second-order valence-corrected chi connectivity index (χ2v) is 7.66. The van der Waals surface area contributed by atoms with Crippen molar-refractivity contribution >= 4 is 16.8 Å². The number of ether oxygens (including phenoxy) is 1. The number of rotatable bonds is 6. The van der Waals surface area contributed by atoms with Crippen LogP contribution in [0.2, 0.25) is 0 Å². The zero-order chi connectivity index (χ0) is 21.5. The maximum Gasteiger partial charge on any atom is 0.390 e. The van der Waals surface area contributed by atoms with Crippen LogP contribution in [0.3, 0.4) is 0 Å². The topological polar surface area (TPSA) is 74.0 Å². The molecule has 3 heterocycles. The molecule has 1 aliphatic heterocycles. The monoisotopic (exact) mass is 421 g/mol. The summed E-state index contributed by atoms with van der Waals surface area (Å²) in [5, 5.41) is 12.1. The van der Waals surface area contributed by atoms with Gasteiger partial charge < -0.3 is 10.1 Å². The van der Waals surface area contributed by atoms with Gasteiger partial charge in [-0.25, -0.2) is 0 Å². The lowest BCUT2D eigenvalue weighted by molar-refractivity contribution is -0.137. The number of alkyl halides is 3. The molecule has 1 amide bonds. The van der Waals surface area contributed by atoms with Crippen LogP contribution in [0, 0.1) is 5.92 Å². The average molecular weight is 421 g/mol. The molecule has 4 rings (SSSR count). The van der Waals surface area contributed by atoms with E-state index in [1.54, 1.807) is 10.9 Å². The summed E-state index contributed by atoms with van der Waals surface area (Å²) in [6.07, 6.45) is 0.0299. The first-order valence-corrected chi connectivity index (χ1v) is 9.68. The second-order valence-electron chi connectivity index (χ2n) is 7.66. The molecule has 1 aromatic carbocycles. The Kier molecular flexibility index (Phi) is 5.17. The molecule has 3 aromatic rings. The number of nitrogens with one attached hydrogen (secondary N) is 1. The van der Waals surface area contributed by atoms with Crippen LogP contribution in [0.5, 0.6) is 5.75 Å². The van der Waals surface area contributed by atoms with E-state index >= 15 is 0 Å². The van der Waals surface area contributed by atoms with Gasteiger partial charge in [-0.1, -0.05) is 0 Å². The molecule has 1 fully saturated rings. The molecule has 30 heavy (non-hydrogen) atoms. The molecule has 2 atom stereocenters. The van der Waals surface area contributed by atoms with E-state index < -0.39 is 12.6 Å². The van der Waals surface area contributed by atoms with Gasteiger partial charge in [0.25, 0.3) is 0 Å². The highest BCUT2D eigenvalue weighted by atomic mass is 19.4. The minimum absolute atomic E-state index is 0.0157. The number of benzene rings is 1. The lowest BCUT2D eigenvalue weighted by Crippen LogP contribution is -2.25. The van der Waals surface area contributed by atoms with Gasteiger partial charge in [-0.2, -0.15) is 23.4 Å². The van der Waals surface area contributed by atoms with E-state index in [1.807, 2.05) is 32.3 Å². The quantitative estimate of drug-likeness (QED) is 0.663. The summed E-state index contributed by atoms with van der Waals surface area (Å²) in [5.74, 6) is 0.700. The fourth-order valence-electron chi connectivity index (χ4n) is 3.61. The summed E-state index contributed by atoms with van der Waals surface area (Å²) in [6.45, 7) is 2.26. The Balaban J connectivity index is 1.62. The Hall–Kier alpha value is -3.04. The predicted molar refractivity (Wildman–Crippen MR) is 104 cm³/mol. The molecule has 1 aliphatic rings. The van der Waals surface area contributed by atoms with Gasteiger partial charge in [0, 0.05) is 50.4 Å².